The first kappa shape index (κ1) is 16.0. The van der Waals surface area contributed by atoms with Crippen LogP contribution < -0.4 is 4.72 Å². The van der Waals surface area contributed by atoms with Crippen LogP contribution >= 0.6 is 11.6 Å². The Balaban J connectivity index is 2.30. The first-order valence-corrected chi connectivity index (χ1v) is 8.23. The SMILES string of the molecule is Cc1c(CO)cc(Cl)cc1S(=O)(=O)NCc1ccccc1. The van der Waals surface area contributed by atoms with Gasteiger partial charge in [-0.1, -0.05) is 41.9 Å². The van der Waals surface area contributed by atoms with Gasteiger partial charge in [0.25, 0.3) is 0 Å². The Morgan fingerprint density at radius 3 is 2.48 bits per heavy atom. The zero-order valence-corrected chi connectivity index (χ0v) is 13.1. The van der Waals surface area contributed by atoms with Gasteiger partial charge >= 0.3 is 0 Å². The molecule has 21 heavy (non-hydrogen) atoms. The minimum atomic E-state index is -3.69. The van der Waals surface area contributed by atoms with Crippen molar-refractivity contribution in [2.75, 3.05) is 0 Å². The predicted octanol–water partition coefficient (Wildman–Crippen LogP) is 2.62. The minimum Gasteiger partial charge on any atom is -0.392 e. The van der Waals surface area contributed by atoms with Crippen molar-refractivity contribution in [2.24, 2.45) is 0 Å². The van der Waals surface area contributed by atoms with Crippen LogP contribution in [0.1, 0.15) is 16.7 Å². The summed E-state index contributed by atoms with van der Waals surface area (Å²) in [7, 11) is -3.69. The second kappa shape index (κ2) is 6.58. The Morgan fingerprint density at radius 2 is 1.86 bits per heavy atom. The fourth-order valence-electron chi connectivity index (χ4n) is 2.00. The van der Waals surface area contributed by atoms with Gasteiger partial charge in [-0.25, -0.2) is 13.1 Å². The topological polar surface area (TPSA) is 66.4 Å². The molecule has 6 heteroatoms. The summed E-state index contributed by atoms with van der Waals surface area (Å²) in [6.45, 7) is 1.59. The van der Waals surface area contributed by atoms with Crippen LogP contribution in [0.25, 0.3) is 0 Å². The summed E-state index contributed by atoms with van der Waals surface area (Å²) in [5, 5.41) is 9.55. The molecule has 112 valence electrons. The van der Waals surface area contributed by atoms with Crippen molar-refractivity contribution in [1.29, 1.82) is 0 Å². The van der Waals surface area contributed by atoms with Crippen LogP contribution in [0.3, 0.4) is 0 Å². The standard InChI is InChI=1S/C15H16ClNO3S/c1-11-13(10-18)7-14(16)8-15(11)21(19,20)17-9-12-5-3-2-4-6-12/h2-8,17-18H,9-10H2,1H3. The van der Waals surface area contributed by atoms with Crippen molar-refractivity contribution in [2.45, 2.75) is 25.0 Å². The van der Waals surface area contributed by atoms with Crippen LogP contribution in [0.5, 0.6) is 0 Å². The molecule has 0 bridgehead atoms. The molecule has 0 amide bonds. The van der Waals surface area contributed by atoms with E-state index in [9.17, 15) is 13.5 Å². The van der Waals surface area contributed by atoms with Crippen molar-refractivity contribution >= 4 is 21.6 Å². The maximum absolute atomic E-state index is 12.4. The van der Waals surface area contributed by atoms with Gasteiger partial charge in [0.2, 0.25) is 10.0 Å². The summed E-state index contributed by atoms with van der Waals surface area (Å²) in [4.78, 5) is 0.0926. The molecule has 0 radical (unpaired) electrons. The Hall–Kier alpha value is -1.40. The summed E-state index contributed by atoms with van der Waals surface area (Å²) in [6.07, 6.45) is 0. The lowest BCUT2D eigenvalue weighted by atomic mass is 10.1. The van der Waals surface area contributed by atoms with Gasteiger partial charge in [0, 0.05) is 11.6 Å². The Kier molecular flexibility index (Phi) is 5.00. The quantitative estimate of drug-likeness (QED) is 0.888. The second-order valence-corrected chi connectivity index (χ2v) is 6.83. The van der Waals surface area contributed by atoms with E-state index >= 15 is 0 Å². The number of nitrogens with one attached hydrogen (secondary N) is 1. The Labute approximate surface area is 129 Å². The number of hydrogen-bond donors (Lipinski definition) is 2. The molecule has 0 saturated carbocycles. The largest absolute Gasteiger partial charge is 0.392 e. The van der Waals surface area contributed by atoms with Crippen molar-refractivity contribution in [3.8, 4) is 0 Å². The van der Waals surface area contributed by atoms with Crippen molar-refractivity contribution in [1.82, 2.24) is 4.72 Å². The van der Waals surface area contributed by atoms with E-state index in [1.165, 1.54) is 6.07 Å². The number of sulfonamides is 1. The lowest BCUT2D eigenvalue weighted by molar-refractivity contribution is 0.280. The summed E-state index contributed by atoms with van der Waals surface area (Å²) in [5.74, 6) is 0. The molecule has 0 heterocycles. The van der Waals surface area contributed by atoms with E-state index in [1.807, 2.05) is 30.3 Å². The van der Waals surface area contributed by atoms with Crippen LogP contribution in [-0.2, 0) is 23.2 Å². The number of benzene rings is 2. The van der Waals surface area contributed by atoms with E-state index in [4.69, 9.17) is 11.6 Å². The molecule has 0 fully saturated rings. The van der Waals surface area contributed by atoms with Crippen LogP contribution in [0.15, 0.2) is 47.4 Å². The molecule has 0 unspecified atom stereocenters. The minimum absolute atomic E-state index is 0.0926. The average Bonchev–Trinajstić information content (AvgIpc) is 2.48. The number of aliphatic hydroxyl groups is 1. The van der Waals surface area contributed by atoms with Gasteiger partial charge < -0.3 is 5.11 Å². The number of halogens is 1. The van der Waals surface area contributed by atoms with E-state index in [-0.39, 0.29) is 23.1 Å². The molecule has 0 saturated heterocycles. The molecule has 2 rings (SSSR count). The summed E-state index contributed by atoms with van der Waals surface area (Å²) >= 11 is 5.92. The predicted molar refractivity (Wildman–Crippen MR) is 82.6 cm³/mol. The fourth-order valence-corrected chi connectivity index (χ4v) is 3.64. The van der Waals surface area contributed by atoms with E-state index in [0.717, 1.165) is 5.56 Å². The third-order valence-corrected chi connectivity index (χ3v) is 4.95. The lowest BCUT2D eigenvalue weighted by Crippen LogP contribution is -2.24. The van der Waals surface area contributed by atoms with Gasteiger partial charge in [-0.05, 0) is 35.7 Å². The van der Waals surface area contributed by atoms with Crippen molar-refractivity contribution < 1.29 is 13.5 Å². The molecule has 0 atom stereocenters. The smallest absolute Gasteiger partial charge is 0.241 e. The zero-order chi connectivity index (χ0) is 15.5. The highest BCUT2D eigenvalue weighted by Gasteiger charge is 2.19. The van der Waals surface area contributed by atoms with E-state index < -0.39 is 10.0 Å². The highest BCUT2D eigenvalue weighted by atomic mass is 35.5. The third kappa shape index (κ3) is 3.83. The Morgan fingerprint density at radius 1 is 1.19 bits per heavy atom. The van der Waals surface area contributed by atoms with Gasteiger partial charge in [0.05, 0.1) is 11.5 Å². The van der Waals surface area contributed by atoms with Gasteiger partial charge in [-0.2, -0.15) is 0 Å². The summed E-state index contributed by atoms with van der Waals surface area (Å²) in [5.41, 5.74) is 1.87. The van der Waals surface area contributed by atoms with E-state index in [0.29, 0.717) is 11.1 Å². The number of rotatable bonds is 5. The maximum atomic E-state index is 12.4. The number of aliphatic hydroxyl groups excluding tert-OH is 1. The van der Waals surface area contributed by atoms with Crippen molar-refractivity contribution in [3.63, 3.8) is 0 Å². The van der Waals surface area contributed by atoms with Crippen LogP contribution in [0, 0.1) is 6.92 Å². The molecular formula is C15H16ClNO3S. The highest BCUT2D eigenvalue weighted by molar-refractivity contribution is 7.89. The lowest BCUT2D eigenvalue weighted by Gasteiger charge is -2.12. The average molecular weight is 326 g/mol. The van der Waals surface area contributed by atoms with Gasteiger partial charge in [0.1, 0.15) is 0 Å². The molecule has 0 aliphatic rings. The molecule has 0 aromatic heterocycles. The molecular weight excluding hydrogens is 310 g/mol. The van der Waals surface area contributed by atoms with Gasteiger partial charge in [-0.15, -0.1) is 0 Å². The molecule has 4 nitrogen and oxygen atoms in total. The maximum Gasteiger partial charge on any atom is 0.241 e. The van der Waals surface area contributed by atoms with Crippen molar-refractivity contribution in [3.05, 3.63) is 64.2 Å². The van der Waals surface area contributed by atoms with E-state index in [1.54, 1.807) is 13.0 Å². The number of hydrogen-bond acceptors (Lipinski definition) is 3. The summed E-state index contributed by atoms with van der Waals surface area (Å²) in [6, 6.07) is 12.2. The highest BCUT2D eigenvalue weighted by Crippen LogP contribution is 2.24. The fraction of sp³-hybridized carbons (Fsp3) is 0.200. The van der Waals surface area contributed by atoms with E-state index in [2.05, 4.69) is 4.72 Å². The Bertz CT molecular complexity index is 730. The van der Waals surface area contributed by atoms with Crippen LogP contribution in [-0.4, -0.2) is 13.5 Å². The first-order valence-electron chi connectivity index (χ1n) is 6.37. The van der Waals surface area contributed by atoms with Crippen LogP contribution in [0.4, 0.5) is 0 Å². The molecule has 2 N–H and O–H groups in total. The molecule has 0 aliphatic heterocycles. The van der Waals surface area contributed by atoms with Gasteiger partial charge in [0.15, 0.2) is 0 Å². The monoisotopic (exact) mass is 325 g/mol. The zero-order valence-electron chi connectivity index (χ0n) is 11.5. The molecule has 0 spiro atoms. The van der Waals surface area contributed by atoms with Gasteiger partial charge in [-0.3, -0.25) is 0 Å². The molecule has 2 aromatic carbocycles. The third-order valence-electron chi connectivity index (χ3n) is 3.20. The molecule has 2 aromatic rings. The van der Waals surface area contributed by atoms with Crippen LogP contribution in [0.2, 0.25) is 5.02 Å². The first-order chi connectivity index (χ1) is 9.94. The second-order valence-electron chi connectivity index (χ2n) is 4.66. The summed E-state index contributed by atoms with van der Waals surface area (Å²) < 4.78 is 27.3. The normalized spacial score (nSPS) is 11.6. The molecule has 0 aliphatic carbocycles.